The Morgan fingerprint density at radius 3 is 2.53 bits per heavy atom. The average Bonchev–Trinajstić information content (AvgIpc) is 3.12. The molecule has 0 radical (unpaired) electrons. The molecule has 1 aromatic heterocycles. The van der Waals surface area contributed by atoms with E-state index in [1.807, 2.05) is 56.3 Å². The van der Waals surface area contributed by atoms with Crippen molar-refractivity contribution >= 4 is 39.9 Å². The first-order valence-corrected chi connectivity index (χ1v) is 11.6. The summed E-state index contributed by atoms with van der Waals surface area (Å²) in [7, 11) is 0. The molecule has 3 aromatic rings. The van der Waals surface area contributed by atoms with E-state index in [0.717, 1.165) is 22.1 Å². The normalized spacial score (nSPS) is 11.2. The largest absolute Gasteiger partial charge is 0.490 e. The third kappa shape index (κ3) is 5.17. The Labute approximate surface area is 202 Å². The molecule has 0 aliphatic rings. The van der Waals surface area contributed by atoms with Crippen LogP contribution in [-0.4, -0.2) is 24.5 Å². The molecule has 7 heteroatoms. The quantitative estimate of drug-likeness (QED) is 0.235. The fraction of sp³-hybridized carbons (Fsp3) is 0.259. The molecule has 0 amide bonds. The molecule has 1 heterocycles. The number of benzene rings is 2. The lowest BCUT2D eigenvalue weighted by Gasteiger charge is -2.15. The zero-order valence-electron chi connectivity index (χ0n) is 19.5. The number of carbonyl (C=O) groups is 2. The Kier molecular flexibility index (Phi) is 7.83. The van der Waals surface area contributed by atoms with Crippen molar-refractivity contribution < 1.29 is 19.1 Å². The third-order valence-corrected chi connectivity index (χ3v) is 6.39. The summed E-state index contributed by atoms with van der Waals surface area (Å²) in [6, 6.07) is 15.5. The van der Waals surface area contributed by atoms with Crippen molar-refractivity contribution in [3.63, 3.8) is 0 Å². The molecule has 0 atom stereocenters. The van der Waals surface area contributed by atoms with Crippen LogP contribution in [0.5, 0.6) is 5.75 Å². The molecule has 0 bridgehead atoms. The first-order chi connectivity index (χ1) is 16.3. The summed E-state index contributed by atoms with van der Waals surface area (Å²) >= 11 is 1.06. The number of carbonyl (C=O) groups excluding carboxylic acids is 2. The van der Waals surface area contributed by atoms with Crippen LogP contribution in [0.2, 0.25) is 0 Å². The Hall–Kier alpha value is -3.94. The number of thiophene rings is 1. The zero-order valence-corrected chi connectivity index (χ0v) is 20.3. The number of esters is 1. The minimum absolute atomic E-state index is 0.0578. The van der Waals surface area contributed by atoms with Gasteiger partial charge >= 0.3 is 5.97 Å². The number of hydrogen-bond acceptors (Lipinski definition) is 7. The van der Waals surface area contributed by atoms with Gasteiger partial charge in [0.05, 0.1) is 23.8 Å². The summed E-state index contributed by atoms with van der Waals surface area (Å²) in [5.74, 6) is -0.398. The summed E-state index contributed by atoms with van der Waals surface area (Å²) in [6.45, 7) is 7.37. The van der Waals surface area contributed by atoms with Crippen LogP contribution in [0.15, 0.2) is 42.0 Å². The number of nitriles is 2. The summed E-state index contributed by atoms with van der Waals surface area (Å²) in [5.41, 5.74) is 1.34. The van der Waals surface area contributed by atoms with E-state index in [-0.39, 0.29) is 30.3 Å². The van der Waals surface area contributed by atoms with E-state index in [2.05, 4.69) is 6.07 Å². The molecular weight excluding hydrogens is 448 g/mol. The molecule has 0 spiro atoms. The van der Waals surface area contributed by atoms with Gasteiger partial charge in [-0.25, -0.2) is 4.79 Å². The molecule has 0 saturated heterocycles. The number of ketones is 1. The highest BCUT2D eigenvalue weighted by Gasteiger charge is 2.24. The summed E-state index contributed by atoms with van der Waals surface area (Å²) in [5, 5.41) is 21.2. The van der Waals surface area contributed by atoms with Crippen LogP contribution in [0.4, 0.5) is 0 Å². The van der Waals surface area contributed by atoms with Gasteiger partial charge in [-0.1, -0.05) is 30.3 Å². The fourth-order valence-corrected chi connectivity index (χ4v) is 4.73. The molecule has 6 nitrogen and oxygen atoms in total. The van der Waals surface area contributed by atoms with Crippen molar-refractivity contribution in [1.29, 1.82) is 10.5 Å². The second-order valence-electron chi connectivity index (χ2n) is 7.82. The van der Waals surface area contributed by atoms with E-state index >= 15 is 0 Å². The van der Waals surface area contributed by atoms with Crippen molar-refractivity contribution in [2.45, 2.75) is 40.2 Å². The van der Waals surface area contributed by atoms with E-state index < -0.39 is 11.8 Å². The Morgan fingerprint density at radius 2 is 1.88 bits per heavy atom. The fourth-order valence-electron chi connectivity index (χ4n) is 3.58. The second-order valence-corrected chi connectivity index (χ2v) is 8.93. The SMILES string of the molecule is CCOC(=O)c1sc(CC(=O)/C(C#N)=C/c2c(OC(C)C)ccc3ccccc23)c(C#N)c1C. The van der Waals surface area contributed by atoms with E-state index in [1.165, 1.54) is 0 Å². The Morgan fingerprint density at radius 1 is 1.15 bits per heavy atom. The number of ether oxygens (including phenoxy) is 2. The van der Waals surface area contributed by atoms with Crippen molar-refractivity contribution in [1.82, 2.24) is 0 Å². The lowest BCUT2D eigenvalue weighted by molar-refractivity contribution is -0.114. The monoisotopic (exact) mass is 472 g/mol. The second kappa shape index (κ2) is 10.8. The van der Waals surface area contributed by atoms with Crippen LogP contribution in [0, 0.1) is 29.6 Å². The number of fused-ring (bicyclic) bond motifs is 1. The predicted octanol–water partition coefficient (Wildman–Crippen LogP) is 5.76. The van der Waals surface area contributed by atoms with Gasteiger partial charge in [0.2, 0.25) is 0 Å². The standard InChI is InChI=1S/C27H24N2O4S/c1-5-32-27(31)26-17(4)22(15-29)25(34-26)13-23(30)19(14-28)12-21-20-9-7-6-8-18(20)10-11-24(21)33-16(2)3/h6-12,16H,5,13H2,1-4H3/b19-12+. The first-order valence-electron chi connectivity index (χ1n) is 10.8. The van der Waals surface area contributed by atoms with Gasteiger partial charge < -0.3 is 9.47 Å². The highest BCUT2D eigenvalue weighted by atomic mass is 32.1. The molecular formula is C27H24N2O4S. The number of nitrogens with zero attached hydrogens (tertiary/aromatic N) is 2. The Balaban J connectivity index is 2.04. The number of hydrogen-bond donors (Lipinski definition) is 0. The summed E-state index contributed by atoms with van der Waals surface area (Å²) in [6.07, 6.45) is 1.28. The molecule has 0 fully saturated rings. The molecule has 34 heavy (non-hydrogen) atoms. The van der Waals surface area contributed by atoms with Gasteiger partial charge in [-0.05, 0) is 56.2 Å². The lowest BCUT2D eigenvalue weighted by Crippen LogP contribution is -2.08. The van der Waals surface area contributed by atoms with E-state index in [9.17, 15) is 20.1 Å². The van der Waals surface area contributed by atoms with Crippen LogP contribution in [-0.2, 0) is 16.0 Å². The number of Topliss-reactive ketones (excluding diaryl/α,β-unsaturated/α-hetero) is 1. The molecule has 3 rings (SSSR count). The molecule has 2 aromatic carbocycles. The van der Waals surface area contributed by atoms with Gasteiger partial charge in [-0.3, -0.25) is 4.79 Å². The van der Waals surface area contributed by atoms with Crippen molar-refractivity contribution in [3.8, 4) is 17.9 Å². The van der Waals surface area contributed by atoms with Gasteiger partial charge in [0.1, 0.15) is 22.8 Å². The summed E-state index contributed by atoms with van der Waals surface area (Å²) in [4.78, 5) is 26.1. The number of allylic oxidation sites excluding steroid dienone is 1. The van der Waals surface area contributed by atoms with E-state index in [0.29, 0.717) is 26.6 Å². The minimum atomic E-state index is -0.525. The van der Waals surface area contributed by atoms with Crippen LogP contribution >= 0.6 is 11.3 Å². The van der Waals surface area contributed by atoms with Crippen LogP contribution in [0.3, 0.4) is 0 Å². The molecule has 0 saturated carbocycles. The summed E-state index contributed by atoms with van der Waals surface area (Å²) < 4.78 is 11.0. The average molecular weight is 473 g/mol. The van der Waals surface area contributed by atoms with E-state index in [4.69, 9.17) is 9.47 Å². The van der Waals surface area contributed by atoms with Crippen LogP contribution in [0.1, 0.15) is 52.0 Å². The van der Waals surface area contributed by atoms with E-state index in [1.54, 1.807) is 19.9 Å². The molecule has 172 valence electrons. The predicted molar refractivity (Wildman–Crippen MR) is 132 cm³/mol. The number of rotatable bonds is 8. The molecule has 0 aliphatic heterocycles. The van der Waals surface area contributed by atoms with Gasteiger partial charge in [0.15, 0.2) is 5.78 Å². The topological polar surface area (TPSA) is 100 Å². The van der Waals surface area contributed by atoms with Crippen molar-refractivity contribution in [2.75, 3.05) is 6.61 Å². The lowest BCUT2D eigenvalue weighted by atomic mass is 9.98. The maximum atomic E-state index is 13.2. The minimum Gasteiger partial charge on any atom is -0.490 e. The highest BCUT2D eigenvalue weighted by molar-refractivity contribution is 7.14. The van der Waals surface area contributed by atoms with Gasteiger partial charge in [-0.15, -0.1) is 11.3 Å². The zero-order chi connectivity index (χ0) is 24.8. The molecule has 0 aliphatic carbocycles. The smallest absolute Gasteiger partial charge is 0.348 e. The van der Waals surface area contributed by atoms with Gasteiger partial charge in [0.25, 0.3) is 0 Å². The first kappa shape index (κ1) is 24.7. The Bertz CT molecular complexity index is 1370. The van der Waals surface area contributed by atoms with Crippen LogP contribution < -0.4 is 4.74 Å². The molecule has 0 unspecified atom stereocenters. The van der Waals surface area contributed by atoms with Crippen LogP contribution in [0.25, 0.3) is 16.8 Å². The third-order valence-electron chi connectivity index (χ3n) is 5.12. The van der Waals surface area contributed by atoms with Gasteiger partial charge in [-0.2, -0.15) is 10.5 Å². The van der Waals surface area contributed by atoms with Gasteiger partial charge in [0, 0.05) is 16.9 Å². The molecule has 0 N–H and O–H groups in total. The van der Waals surface area contributed by atoms with Crippen molar-refractivity contribution in [3.05, 3.63) is 68.4 Å². The maximum absolute atomic E-state index is 13.2. The highest BCUT2D eigenvalue weighted by Crippen LogP contribution is 2.33. The maximum Gasteiger partial charge on any atom is 0.348 e. The van der Waals surface area contributed by atoms with Crippen molar-refractivity contribution in [2.24, 2.45) is 0 Å².